The van der Waals surface area contributed by atoms with Crippen molar-refractivity contribution in [2.24, 2.45) is 0 Å². The van der Waals surface area contributed by atoms with Gasteiger partial charge in [0.25, 0.3) is 0 Å². The third-order valence-corrected chi connectivity index (χ3v) is 3.74. The number of carbonyl (C=O) groups excluding carboxylic acids is 1. The van der Waals surface area contributed by atoms with Gasteiger partial charge in [0.1, 0.15) is 11.9 Å². The van der Waals surface area contributed by atoms with E-state index in [0.29, 0.717) is 29.7 Å². The summed E-state index contributed by atoms with van der Waals surface area (Å²) in [6.07, 6.45) is 3.60. The molecule has 5 nitrogen and oxygen atoms in total. The third-order valence-electron chi connectivity index (χ3n) is 3.52. The third kappa shape index (κ3) is 4.21. The number of benzene rings is 1. The molecule has 2 aromatic rings. The highest BCUT2D eigenvalue weighted by atomic mass is 35.5. The quantitative estimate of drug-likeness (QED) is 0.914. The van der Waals surface area contributed by atoms with Crippen LogP contribution in [0.3, 0.4) is 0 Å². The largest absolute Gasteiger partial charge is 0.486 e. The van der Waals surface area contributed by atoms with E-state index in [1.807, 2.05) is 19.1 Å². The average molecular weight is 333 g/mol. The van der Waals surface area contributed by atoms with Crippen molar-refractivity contribution in [3.8, 4) is 5.75 Å². The van der Waals surface area contributed by atoms with Gasteiger partial charge in [0.2, 0.25) is 5.91 Å². The van der Waals surface area contributed by atoms with Gasteiger partial charge in [-0.25, -0.2) is 0 Å². The van der Waals surface area contributed by atoms with Crippen LogP contribution in [0.15, 0.2) is 36.7 Å². The summed E-state index contributed by atoms with van der Waals surface area (Å²) >= 11 is 6.11. The number of rotatable bonds is 5. The molecule has 1 fully saturated rings. The Kier molecular flexibility index (Phi) is 4.79. The molecule has 120 valence electrons. The molecule has 0 bridgehead atoms. The van der Waals surface area contributed by atoms with Crippen molar-refractivity contribution in [3.05, 3.63) is 52.8 Å². The molecular formula is C17H17ClN2O3. The summed E-state index contributed by atoms with van der Waals surface area (Å²) in [5.74, 6) is 0.535. The molecule has 2 heterocycles. The van der Waals surface area contributed by atoms with Crippen LogP contribution >= 0.6 is 11.6 Å². The standard InChI is InChI=1S/C17H17ClN2O3/c1-11-2-3-19-8-16(11)20-17(21)6-12-4-13(18)7-14(5-12)23-15-9-22-10-15/h2-5,7-8,15H,6,9-10H2,1H3,(H,20,21). The Morgan fingerprint density at radius 2 is 2.26 bits per heavy atom. The van der Waals surface area contributed by atoms with E-state index < -0.39 is 0 Å². The summed E-state index contributed by atoms with van der Waals surface area (Å²) in [5, 5.41) is 3.40. The van der Waals surface area contributed by atoms with Gasteiger partial charge in [-0.3, -0.25) is 9.78 Å². The van der Waals surface area contributed by atoms with Crippen molar-refractivity contribution < 1.29 is 14.3 Å². The van der Waals surface area contributed by atoms with Crippen molar-refractivity contribution in [2.45, 2.75) is 19.4 Å². The molecule has 0 atom stereocenters. The van der Waals surface area contributed by atoms with Crippen LogP contribution in [0.25, 0.3) is 0 Å². The van der Waals surface area contributed by atoms with Gasteiger partial charge in [-0.15, -0.1) is 0 Å². The molecule has 3 rings (SSSR count). The van der Waals surface area contributed by atoms with Gasteiger partial charge in [-0.1, -0.05) is 11.6 Å². The summed E-state index contributed by atoms with van der Waals surface area (Å²) in [7, 11) is 0. The zero-order valence-corrected chi connectivity index (χ0v) is 13.5. The van der Waals surface area contributed by atoms with Crippen LogP contribution in [0.5, 0.6) is 5.75 Å². The van der Waals surface area contributed by atoms with E-state index in [9.17, 15) is 4.79 Å². The summed E-state index contributed by atoms with van der Waals surface area (Å²) in [6, 6.07) is 7.19. The van der Waals surface area contributed by atoms with E-state index in [1.165, 1.54) is 0 Å². The lowest BCUT2D eigenvalue weighted by molar-refractivity contribution is -0.115. The number of nitrogens with one attached hydrogen (secondary N) is 1. The predicted molar refractivity (Wildman–Crippen MR) is 88.0 cm³/mol. The van der Waals surface area contributed by atoms with E-state index in [1.54, 1.807) is 24.5 Å². The molecule has 0 unspecified atom stereocenters. The zero-order valence-electron chi connectivity index (χ0n) is 12.7. The first-order valence-corrected chi connectivity index (χ1v) is 7.72. The summed E-state index contributed by atoms with van der Waals surface area (Å²) in [5.41, 5.74) is 2.47. The molecular weight excluding hydrogens is 316 g/mol. The van der Waals surface area contributed by atoms with Crippen LogP contribution in [-0.4, -0.2) is 30.2 Å². The van der Waals surface area contributed by atoms with Gasteiger partial charge in [-0.05, 0) is 42.3 Å². The predicted octanol–water partition coefficient (Wildman–Crippen LogP) is 3.00. The number of hydrogen-bond acceptors (Lipinski definition) is 4. The molecule has 1 aromatic heterocycles. The number of halogens is 1. The number of pyridine rings is 1. The SMILES string of the molecule is Cc1ccncc1NC(=O)Cc1cc(Cl)cc(OC2COC2)c1. The summed E-state index contributed by atoms with van der Waals surface area (Å²) in [6.45, 7) is 3.09. The lowest BCUT2D eigenvalue weighted by Gasteiger charge is -2.27. The smallest absolute Gasteiger partial charge is 0.228 e. The molecule has 0 radical (unpaired) electrons. The maximum atomic E-state index is 12.2. The molecule has 23 heavy (non-hydrogen) atoms. The van der Waals surface area contributed by atoms with Gasteiger partial charge in [0.15, 0.2) is 0 Å². The maximum Gasteiger partial charge on any atom is 0.228 e. The number of amides is 1. The van der Waals surface area contributed by atoms with E-state index in [2.05, 4.69) is 10.3 Å². The number of aromatic nitrogens is 1. The maximum absolute atomic E-state index is 12.2. The van der Waals surface area contributed by atoms with E-state index in [0.717, 1.165) is 11.1 Å². The first kappa shape index (κ1) is 15.8. The van der Waals surface area contributed by atoms with Crippen LogP contribution in [0.2, 0.25) is 5.02 Å². The number of hydrogen-bond donors (Lipinski definition) is 1. The van der Waals surface area contributed by atoms with Gasteiger partial charge < -0.3 is 14.8 Å². The minimum atomic E-state index is -0.124. The topological polar surface area (TPSA) is 60.5 Å². The Morgan fingerprint density at radius 1 is 1.43 bits per heavy atom. The average Bonchev–Trinajstić information content (AvgIpc) is 2.45. The van der Waals surface area contributed by atoms with Crippen LogP contribution in [0, 0.1) is 6.92 Å². The normalized spacial score (nSPS) is 14.2. The van der Waals surface area contributed by atoms with Gasteiger partial charge >= 0.3 is 0 Å². The monoisotopic (exact) mass is 332 g/mol. The lowest BCUT2D eigenvalue weighted by atomic mass is 10.1. The fourth-order valence-corrected chi connectivity index (χ4v) is 2.49. The van der Waals surface area contributed by atoms with Crippen LogP contribution in [0.1, 0.15) is 11.1 Å². The molecule has 0 aliphatic carbocycles. The second kappa shape index (κ2) is 6.98. The Bertz CT molecular complexity index is 717. The first-order chi connectivity index (χ1) is 11.1. The molecule has 0 saturated carbocycles. The first-order valence-electron chi connectivity index (χ1n) is 7.34. The molecule has 1 aromatic carbocycles. The Hall–Kier alpha value is -2.11. The molecule has 6 heteroatoms. The number of carbonyl (C=O) groups is 1. The summed E-state index contributed by atoms with van der Waals surface area (Å²) in [4.78, 5) is 16.2. The van der Waals surface area contributed by atoms with E-state index in [-0.39, 0.29) is 18.4 Å². The van der Waals surface area contributed by atoms with Crippen LogP contribution in [-0.2, 0) is 16.0 Å². The second-order valence-electron chi connectivity index (χ2n) is 5.49. The summed E-state index contributed by atoms with van der Waals surface area (Å²) < 4.78 is 10.8. The zero-order chi connectivity index (χ0) is 16.2. The van der Waals surface area contributed by atoms with Crippen molar-refractivity contribution in [3.63, 3.8) is 0 Å². The van der Waals surface area contributed by atoms with E-state index in [4.69, 9.17) is 21.1 Å². The lowest BCUT2D eigenvalue weighted by Crippen LogP contribution is -2.38. The van der Waals surface area contributed by atoms with Gasteiger partial charge in [0, 0.05) is 11.2 Å². The minimum Gasteiger partial charge on any atom is -0.486 e. The van der Waals surface area contributed by atoms with Crippen LogP contribution < -0.4 is 10.1 Å². The highest BCUT2D eigenvalue weighted by molar-refractivity contribution is 6.30. The van der Waals surface area contributed by atoms with Crippen molar-refractivity contribution in [1.82, 2.24) is 4.98 Å². The van der Waals surface area contributed by atoms with E-state index >= 15 is 0 Å². The number of ether oxygens (including phenoxy) is 2. The van der Waals surface area contributed by atoms with Crippen LogP contribution in [0.4, 0.5) is 5.69 Å². The molecule has 1 amide bonds. The second-order valence-corrected chi connectivity index (χ2v) is 5.92. The fourth-order valence-electron chi connectivity index (χ4n) is 2.24. The fraction of sp³-hybridized carbons (Fsp3) is 0.294. The highest BCUT2D eigenvalue weighted by Gasteiger charge is 2.20. The molecule has 1 aliphatic heterocycles. The van der Waals surface area contributed by atoms with Crippen molar-refractivity contribution >= 4 is 23.2 Å². The number of anilines is 1. The number of aryl methyl sites for hydroxylation is 1. The molecule has 1 N–H and O–H groups in total. The minimum absolute atomic E-state index is 0.0631. The Morgan fingerprint density at radius 3 is 2.96 bits per heavy atom. The van der Waals surface area contributed by atoms with Gasteiger partial charge in [0.05, 0.1) is 31.5 Å². The van der Waals surface area contributed by atoms with Gasteiger partial charge in [-0.2, -0.15) is 0 Å². The molecule has 0 spiro atoms. The Labute approximate surface area is 139 Å². The van der Waals surface area contributed by atoms with Crippen molar-refractivity contribution in [1.29, 1.82) is 0 Å². The molecule has 1 saturated heterocycles. The highest BCUT2D eigenvalue weighted by Crippen LogP contribution is 2.24. The molecule has 1 aliphatic rings. The van der Waals surface area contributed by atoms with Crippen molar-refractivity contribution in [2.75, 3.05) is 18.5 Å². The Balaban J connectivity index is 1.66. The number of nitrogens with zero attached hydrogens (tertiary/aromatic N) is 1.